The maximum atomic E-state index is 12.4. The van der Waals surface area contributed by atoms with Gasteiger partial charge in [0, 0.05) is 25.2 Å². The van der Waals surface area contributed by atoms with Crippen LogP contribution >= 0.6 is 23.2 Å². The quantitative estimate of drug-likeness (QED) is 0.844. The molecule has 1 aliphatic heterocycles. The minimum Gasteiger partial charge on any atom is -0.497 e. The molecule has 0 aromatic heterocycles. The topological polar surface area (TPSA) is 58.6 Å². The van der Waals surface area contributed by atoms with Crippen LogP contribution in [0.3, 0.4) is 0 Å². The van der Waals surface area contributed by atoms with Crippen molar-refractivity contribution in [3.05, 3.63) is 58.1 Å². The fourth-order valence-electron chi connectivity index (χ4n) is 2.86. The number of anilines is 1. The van der Waals surface area contributed by atoms with Gasteiger partial charge in [-0.25, -0.2) is 0 Å². The third-order valence-electron chi connectivity index (χ3n) is 4.34. The van der Waals surface area contributed by atoms with Crippen LogP contribution < -0.4 is 15.0 Å². The summed E-state index contributed by atoms with van der Waals surface area (Å²) < 4.78 is 5.11. The van der Waals surface area contributed by atoms with E-state index in [2.05, 4.69) is 5.32 Å². The molecule has 3 rings (SSSR count). The molecule has 7 heteroatoms. The molecule has 0 radical (unpaired) electrons. The molecule has 1 heterocycles. The molecule has 1 atom stereocenters. The number of hydrogen-bond acceptors (Lipinski definition) is 3. The number of nitrogens with zero attached hydrogens (tertiary/aromatic N) is 1. The summed E-state index contributed by atoms with van der Waals surface area (Å²) in [6, 6.07) is 12.5. The van der Waals surface area contributed by atoms with Gasteiger partial charge >= 0.3 is 0 Å². The third kappa shape index (κ3) is 4.11. The smallest absolute Gasteiger partial charge is 0.227 e. The highest BCUT2D eigenvalue weighted by molar-refractivity contribution is 6.42. The Kier molecular flexibility index (Phi) is 5.69. The SMILES string of the molecule is COc1ccc(CNC(=O)[C@H]2CC(=O)N(c3ccc(Cl)c(Cl)c3)C2)cc1. The summed E-state index contributed by atoms with van der Waals surface area (Å²) in [5, 5.41) is 3.69. The number of hydrogen-bond donors (Lipinski definition) is 1. The van der Waals surface area contributed by atoms with Gasteiger partial charge in [-0.1, -0.05) is 35.3 Å². The number of halogens is 2. The average Bonchev–Trinajstić information content (AvgIpc) is 3.04. The van der Waals surface area contributed by atoms with E-state index in [1.807, 2.05) is 24.3 Å². The van der Waals surface area contributed by atoms with Crippen molar-refractivity contribution in [2.24, 2.45) is 5.92 Å². The molecule has 0 aliphatic carbocycles. The van der Waals surface area contributed by atoms with Gasteiger partial charge in [0.05, 0.1) is 23.1 Å². The van der Waals surface area contributed by atoms with Crippen molar-refractivity contribution in [1.82, 2.24) is 5.32 Å². The molecule has 26 heavy (non-hydrogen) atoms. The van der Waals surface area contributed by atoms with Gasteiger partial charge in [0.1, 0.15) is 5.75 Å². The van der Waals surface area contributed by atoms with E-state index in [0.29, 0.717) is 28.8 Å². The molecule has 2 amide bonds. The number of benzene rings is 2. The largest absolute Gasteiger partial charge is 0.497 e. The Hall–Kier alpha value is -2.24. The Labute approximate surface area is 161 Å². The second kappa shape index (κ2) is 7.98. The minimum atomic E-state index is -0.393. The molecule has 1 N–H and O–H groups in total. The van der Waals surface area contributed by atoms with Gasteiger partial charge < -0.3 is 15.0 Å². The Morgan fingerprint density at radius 3 is 2.58 bits per heavy atom. The van der Waals surface area contributed by atoms with Crippen LogP contribution in [0.25, 0.3) is 0 Å². The van der Waals surface area contributed by atoms with Gasteiger partial charge in [0.2, 0.25) is 11.8 Å². The van der Waals surface area contributed by atoms with E-state index in [1.165, 1.54) is 0 Å². The van der Waals surface area contributed by atoms with Crippen molar-refractivity contribution in [2.75, 3.05) is 18.6 Å². The first-order valence-electron chi connectivity index (χ1n) is 8.14. The molecule has 0 spiro atoms. The first-order valence-corrected chi connectivity index (χ1v) is 8.89. The highest BCUT2D eigenvalue weighted by Gasteiger charge is 2.35. The Balaban J connectivity index is 1.60. The van der Waals surface area contributed by atoms with E-state index >= 15 is 0 Å². The van der Waals surface area contributed by atoms with E-state index in [1.54, 1.807) is 30.2 Å². The molecule has 1 fully saturated rings. The molecule has 1 aliphatic rings. The number of ether oxygens (including phenoxy) is 1. The Morgan fingerprint density at radius 2 is 1.92 bits per heavy atom. The van der Waals surface area contributed by atoms with Crippen molar-refractivity contribution in [2.45, 2.75) is 13.0 Å². The first-order chi connectivity index (χ1) is 12.5. The van der Waals surface area contributed by atoms with Crippen molar-refractivity contribution in [3.63, 3.8) is 0 Å². The van der Waals surface area contributed by atoms with Crippen molar-refractivity contribution in [3.8, 4) is 5.75 Å². The van der Waals surface area contributed by atoms with Crippen molar-refractivity contribution < 1.29 is 14.3 Å². The third-order valence-corrected chi connectivity index (χ3v) is 5.08. The molecule has 0 unspecified atom stereocenters. The van der Waals surface area contributed by atoms with Crippen LogP contribution in [0.1, 0.15) is 12.0 Å². The second-order valence-electron chi connectivity index (χ2n) is 6.07. The lowest BCUT2D eigenvalue weighted by molar-refractivity contribution is -0.126. The van der Waals surface area contributed by atoms with Crippen LogP contribution in [0.5, 0.6) is 5.75 Å². The highest BCUT2D eigenvalue weighted by atomic mass is 35.5. The van der Waals surface area contributed by atoms with Crippen LogP contribution in [-0.2, 0) is 16.1 Å². The summed E-state index contributed by atoms with van der Waals surface area (Å²) in [6.07, 6.45) is 0.175. The van der Waals surface area contributed by atoms with Crippen molar-refractivity contribution >= 4 is 40.7 Å². The summed E-state index contributed by atoms with van der Waals surface area (Å²) in [6.45, 7) is 0.728. The number of carbonyl (C=O) groups excluding carboxylic acids is 2. The number of amides is 2. The van der Waals surface area contributed by atoms with Crippen LogP contribution in [-0.4, -0.2) is 25.5 Å². The zero-order valence-corrected chi connectivity index (χ0v) is 15.7. The predicted octanol–water partition coefficient (Wildman–Crippen LogP) is 3.67. The lowest BCUT2D eigenvalue weighted by Gasteiger charge is -2.17. The van der Waals surface area contributed by atoms with Gasteiger partial charge in [0.25, 0.3) is 0 Å². The minimum absolute atomic E-state index is 0.104. The number of methoxy groups -OCH3 is 1. The van der Waals surface area contributed by atoms with Gasteiger partial charge in [-0.05, 0) is 35.9 Å². The fraction of sp³-hybridized carbons (Fsp3) is 0.263. The molecular weight excluding hydrogens is 375 g/mol. The van der Waals surface area contributed by atoms with Gasteiger partial charge in [-0.15, -0.1) is 0 Å². The van der Waals surface area contributed by atoms with Crippen LogP contribution in [0.4, 0.5) is 5.69 Å². The van der Waals surface area contributed by atoms with E-state index in [0.717, 1.165) is 11.3 Å². The second-order valence-corrected chi connectivity index (χ2v) is 6.88. The van der Waals surface area contributed by atoms with Gasteiger partial charge in [-0.2, -0.15) is 0 Å². The Morgan fingerprint density at radius 1 is 1.19 bits per heavy atom. The molecule has 2 aromatic carbocycles. The summed E-state index contributed by atoms with van der Waals surface area (Å²) in [7, 11) is 1.60. The number of rotatable bonds is 5. The summed E-state index contributed by atoms with van der Waals surface area (Å²) in [4.78, 5) is 26.3. The molecule has 136 valence electrons. The molecule has 2 aromatic rings. The summed E-state index contributed by atoms with van der Waals surface area (Å²) >= 11 is 11.9. The molecule has 1 saturated heterocycles. The predicted molar refractivity (Wildman–Crippen MR) is 102 cm³/mol. The van der Waals surface area contributed by atoms with E-state index < -0.39 is 5.92 Å². The van der Waals surface area contributed by atoms with Crippen LogP contribution in [0.15, 0.2) is 42.5 Å². The summed E-state index contributed by atoms with van der Waals surface area (Å²) in [5.41, 5.74) is 1.61. The Bertz CT molecular complexity index is 824. The normalized spacial score (nSPS) is 16.7. The molecule has 0 bridgehead atoms. The molecule has 5 nitrogen and oxygen atoms in total. The molecule has 0 saturated carbocycles. The van der Waals surface area contributed by atoms with Crippen LogP contribution in [0.2, 0.25) is 10.0 Å². The van der Waals surface area contributed by atoms with Gasteiger partial charge in [0.15, 0.2) is 0 Å². The highest BCUT2D eigenvalue weighted by Crippen LogP contribution is 2.31. The van der Waals surface area contributed by atoms with Gasteiger partial charge in [-0.3, -0.25) is 9.59 Å². The molecular formula is C19H18Cl2N2O3. The maximum absolute atomic E-state index is 12.4. The van der Waals surface area contributed by atoms with E-state index in [-0.39, 0.29) is 18.2 Å². The van der Waals surface area contributed by atoms with E-state index in [4.69, 9.17) is 27.9 Å². The monoisotopic (exact) mass is 392 g/mol. The van der Waals surface area contributed by atoms with Crippen molar-refractivity contribution in [1.29, 1.82) is 0 Å². The zero-order chi connectivity index (χ0) is 18.7. The zero-order valence-electron chi connectivity index (χ0n) is 14.2. The standard InChI is InChI=1S/C19H18Cl2N2O3/c1-26-15-5-2-12(3-6-15)10-22-19(25)13-8-18(24)23(11-13)14-4-7-16(20)17(21)9-14/h2-7,9,13H,8,10-11H2,1H3,(H,22,25)/t13-/m0/s1. The van der Waals surface area contributed by atoms with E-state index in [9.17, 15) is 9.59 Å². The lowest BCUT2D eigenvalue weighted by atomic mass is 10.1. The van der Waals surface area contributed by atoms with Crippen LogP contribution in [0, 0.1) is 5.92 Å². The summed E-state index contributed by atoms with van der Waals surface area (Å²) in [5.74, 6) is 0.124. The average molecular weight is 393 g/mol. The number of carbonyl (C=O) groups is 2. The number of nitrogens with one attached hydrogen (secondary N) is 1. The maximum Gasteiger partial charge on any atom is 0.227 e. The lowest BCUT2D eigenvalue weighted by Crippen LogP contribution is -2.32. The fourth-order valence-corrected chi connectivity index (χ4v) is 3.15. The first kappa shape index (κ1) is 18.5.